The Hall–Kier alpha value is -3.07. The fourth-order valence-corrected chi connectivity index (χ4v) is 4.34. The molecule has 0 saturated heterocycles. The minimum atomic E-state index is 0.0316. The van der Waals surface area contributed by atoms with E-state index in [1.54, 1.807) is 0 Å². The van der Waals surface area contributed by atoms with Crippen LogP contribution in [0.3, 0.4) is 0 Å². The van der Waals surface area contributed by atoms with Gasteiger partial charge in [-0.1, -0.05) is 73.7 Å². The van der Waals surface area contributed by atoms with Crippen LogP contribution in [0.15, 0.2) is 84.9 Å². The summed E-state index contributed by atoms with van der Waals surface area (Å²) in [7, 11) is 0. The van der Waals surface area contributed by atoms with Crippen LogP contribution < -0.4 is 5.32 Å². The monoisotopic (exact) mass is 414 g/mol. The maximum absolute atomic E-state index is 13.6. The lowest BCUT2D eigenvalue weighted by Gasteiger charge is -2.33. The van der Waals surface area contributed by atoms with Gasteiger partial charge in [-0.2, -0.15) is 0 Å². The second kappa shape index (κ2) is 10.3. The lowest BCUT2D eigenvalue weighted by Crippen LogP contribution is -2.42. The molecule has 0 aromatic heterocycles. The van der Waals surface area contributed by atoms with Crippen LogP contribution >= 0.6 is 0 Å². The van der Waals surface area contributed by atoms with Crippen LogP contribution in [0.25, 0.3) is 0 Å². The molecule has 1 amide bonds. The van der Waals surface area contributed by atoms with E-state index in [9.17, 15) is 4.79 Å². The molecule has 3 heteroatoms. The summed E-state index contributed by atoms with van der Waals surface area (Å²) < 4.78 is 0. The third kappa shape index (κ3) is 5.35. The summed E-state index contributed by atoms with van der Waals surface area (Å²) in [5, 5.41) is 3.71. The number of carbonyl (C=O) groups excluding carboxylic acids is 1. The van der Waals surface area contributed by atoms with Crippen LogP contribution in [0.5, 0.6) is 0 Å². The lowest BCUT2D eigenvalue weighted by molar-refractivity contribution is 0.0642. The van der Waals surface area contributed by atoms with Crippen LogP contribution in [0, 0.1) is 0 Å². The van der Waals surface area contributed by atoms with Gasteiger partial charge in [-0.3, -0.25) is 4.79 Å². The van der Waals surface area contributed by atoms with Crippen molar-refractivity contribution in [1.82, 2.24) is 4.90 Å². The molecule has 3 rings (SSSR count). The first-order valence-corrected chi connectivity index (χ1v) is 11.2. The first-order chi connectivity index (χ1) is 14.9. The number of benzene rings is 3. The van der Waals surface area contributed by atoms with Gasteiger partial charge in [-0.25, -0.2) is 0 Å². The van der Waals surface area contributed by atoms with Gasteiger partial charge in [0.15, 0.2) is 0 Å². The maximum Gasteiger partial charge on any atom is 0.254 e. The molecule has 0 aliphatic carbocycles. The third-order valence-electron chi connectivity index (χ3n) is 5.78. The van der Waals surface area contributed by atoms with E-state index < -0.39 is 0 Å². The average Bonchev–Trinajstić information content (AvgIpc) is 2.78. The Labute approximate surface area is 187 Å². The lowest BCUT2D eigenvalue weighted by atomic mass is 9.85. The van der Waals surface area contributed by atoms with Crippen LogP contribution in [-0.4, -0.2) is 22.9 Å². The quantitative estimate of drug-likeness (QED) is 0.435. The minimum Gasteiger partial charge on any atom is -0.378 e. The highest BCUT2D eigenvalue weighted by Gasteiger charge is 2.28. The molecule has 0 spiro atoms. The third-order valence-corrected chi connectivity index (χ3v) is 5.78. The molecule has 0 aliphatic rings. The number of nitrogens with one attached hydrogen (secondary N) is 1. The summed E-state index contributed by atoms with van der Waals surface area (Å²) in [5.74, 6) is 0.183. The number of anilines is 1. The van der Waals surface area contributed by atoms with E-state index in [1.165, 1.54) is 5.56 Å². The van der Waals surface area contributed by atoms with Gasteiger partial charge < -0.3 is 10.2 Å². The maximum atomic E-state index is 13.6. The van der Waals surface area contributed by atoms with Crippen molar-refractivity contribution in [2.45, 2.75) is 58.7 Å². The topological polar surface area (TPSA) is 32.3 Å². The van der Waals surface area contributed by atoms with Gasteiger partial charge in [-0.15, -0.1) is 0 Å². The van der Waals surface area contributed by atoms with Crippen LogP contribution in [-0.2, 0) is 0 Å². The van der Waals surface area contributed by atoms with E-state index in [-0.39, 0.29) is 30.0 Å². The van der Waals surface area contributed by atoms with Gasteiger partial charge in [0.1, 0.15) is 0 Å². The number of carbonyl (C=O) groups is 1. The zero-order valence-corrected chi connectivity index (χ0v) is 19.2. The number of para-hydroxylation sites is 1. The first-order valence-electron chi connectivity index (χ1n) is 11.2. The molecular formula is C28H34N2O. The van der Waals surface area contributed by atoms with Crippen molar-refractivity contribution in [2.24, 2.45) is 0 Å². The van der Waals surface area contributed by atoms with Gasteiger partial charge in [0.25, 0.3) is 5.91 Å². The van der Waals surface area contributed by atoms with E-state index >= 15 is 0 Å². The highest BCUT2D eigenvalue weighted by Crippen LogP contribution is 2.36. The largest absolute Gasteiger partial charge is 0.378 e. The predicted octanol–water partition coefficient (Wildman–Crippen LogP) is 6.90. The fourth-order valence-electron chi connectivity index (χ4n) is 4.34. The van der Waals surface area contributed by atoms with E-state index in [1.807, 2.05) is 47.4 Å². The van der Waals surface area contributed by atoms with E-state index in [0.717, 1.165) is 16.8 Å². The smallest absolute Gasteiger partial charge is 0.254 e. The van der Waals surface area contributed by atoms with Gasteiger partial charge in [0, 0.05) is 29.3 Å². The summed E-state index contributed by atoms with van der Waals surface area (Å²) in [6.07, 6.45) is 0. The molecule has 3 aromatic rings. The molecule has 0 bridgehead atoms. The Kier molecular flexibility index (Phi) is 7.51. The second-order valence-corrected chi connectivity index (χ2v) is 8.67. The van der Waals surface area contributed by atoms with Gasteiger partial charge in [0.2, 0.25) is 0 Å². The van der Waals surface area contributed by atoms with E-state index in [2.05, 4.69) is 82.4 Å². The van der Waals surface area contributed by atoms with Crippen LogP contribution in [0.1, 0.15) is 68.1 Å². The van der Waals surface area contributed by atoms with Crippen LogP contribution in [0.4, 0.5) is 5.69 Å². The number of nitrogens with zero attached hydrogens (tertiary/aromatic N) is 1. The zero-order chi connectivity index (χ0) is 22.4. The van der Waals surface area contributed by atoms with Crippen molar-refractivity contribution >= 4 is 11.6 Å². The minimum absolute atomic E-state index is 0.0316. The number of hydrogen-bond acceptors (Lipinski definition) is 2. The Morgan fingerprint density at radius 2 is 1.23 bits per heavy atom. The SMILES string of the molecule is CC(C)N(C(=O)c1ccccc1[C@H](C)[C@@H](Nc1ccccc1)c1ccccc1)C(C)C. The normalized spacial score (nSPS) is 13.1. The van der Waals surface area contributed by atoms with E-state index in [0.29, 0.717) is 0 Å². The summed E-state index contributed by atoms with van der Waals surface area (Å²) in [6.45, 7) is 10.5. The number of hydrogen-bond donors (Lipinski definition) is 1. The Morgan fingerprint density at radius 1 is 0.710 bits per heavy atom. The molecule has 3 nitrogen and oxygen atoms in total. The van der Waals surface area contributed by atoms with E-state index in [4.69, 9.17) is 0 Å². The molecule has 0 unspecified atom stereocenters. The number of rotatable bonds is 8. The van der Waals surface area contributed by atoms with Gasteiger partial charge >= 0.3 is 0 Å². The highest BCUT2D eigenvalue weighted by molar-refractivity contribution is 5.96. The van der Waals surface area contributed by atoms with Gasteiger partial charge in [0.05, 0.1) is 6.04 Å². The summed E-state index contributed by atoms with van der Waals surface area (Å²) in [5.41, 5.74) is 4.12. The molecule has 0 aliphatic heterocycles. The fraction of sp³-hybridized carbons (Fsp3) is 0.321. The molecule has 162 valence electrons. The highest BCUT2D eigenvalue weighted by atomic mass is 16.2. The molecule has 2 atom stereocenters. The molecule has 0 saturated carbocycles. The van der Waals surface area contributed by atoms with Crippen molar-refractivity contribution in [3.05, 3.63) is 102 Å². The molecule has 0 radical (unpaired) electrons. The molecule has 31 heavy (non-hydrogen) atoms. The predicted molar refractivity (Wildman–Crippen MR) is 131 cm³/mol. The van der Waals surface area contributed by atoms with Crippen molar-refractivity contribution in [3.63, 3.8) is 0 Å². The molecule has 0 fully saturated rings. The molecule has 3 aromatic carbocycles. The molecule has 1 N–H and O–H groups in total. The van der Waals surface area contributed by atoms with Crippen molar-refractivity contribution in [3.8, 4) is 0 Å². The van der Waals surface area contributed by atoms with Crippen molar-refractivity contribution in [1.29, 1.82) is 0 Å². The first kappa shape index (κ1) is 22.6. The zero-order valence-electron chi connectivity index (χ0n) is 19.2. The van der Waals surface area contributed by atoms with Gasteiger partial charge in [-0.05, 0) is 57.0 Å². The summed E-state index contributed by atoms with van der Waals surface area (Å²) in [4.78, 5) is 15.5. The Bertz CT molecular complexity index is 959. The molecular weight excluding hydrogens is 380 g/mol. The standard InChI is InChI=1S/C28H34N2O/c1-20(2)30(21(3)4)28(31)26-19-13-12-18-25(26)22(5)27(23-14-8-6-9-15-23)29-24-16-10-7-11-17-24/h6-22,27,29H,1-5H3/t22-,27+/m0/s1. The van der Waals surface area contributed by atoms with Crippen molar-refractivity contribution in [2.75, 3.05) is 5.32 Å². The average molecular weight is 415 g/mol. The van der Waals surface area contributed by atoms with Crippen LogP contribution in [0.2, 0.25) is 0 Å². The number of amides is 1. The Morgan fingerprint density at radius 3 is 1.81 bits per heavy atom. The Balaban J connectivity index is 2.02. The molecule has 0 heterocycles. The second-order valence-electron chi connectivity index (χ2n) is 8.67. The van der Waals surface area contributed by atoms with Crippen molar-refractivity contribution < 1.29 is 4.79 Å². The summed E-state index contributed by atoms with van der Waals surface area (Å²) >= 11 is 0. The summed E-state index contributed by atoms with van der Waals surface area (Å²) in [6, 6.07) is 29.1.